The van der Waals surface area contributed by atoms with Gasteiger partial charge in [0.1, 0.15) is 12.1 Å². The van der Waals surface area contributed by atoms with Crippen molar-refractivity contribution in [3.63, 3.8) is 0 Å². The third kappa shape index (κ3) is 5.77. The third-order valence-electron chi connectivity index (χ3n) is 6.08. The van der Waals surface area contributed by atoms with Crippen LogP contribution in [0.25, 0.3) is 17.1 Å². The molecule has 1 N–H and O–H groups in total. The topological polar surface area (TPSA) is 58.4 Å². The Labute approximate surface area is 192 Å². The number of hydrogen-bond acceptors (Lipinski definition) is 4. The average molecular weight is 436 g/mol. The van der Waals surface area contributed by atoms with Crippen molar-refractivity contribution >= 4 is 29.1 Å². The number of aldehydes is 1. The van der Waals surface area contributed by atoms with E-state index in [9.17, 15) is 9.90 Å². The third-order valence-corrected chi connectivity index (χ3v) is 6.08. The minimum Gasteiger partial charge on any atom is -0.395 e. The Balaban J connectivity index is 1.99. The number of fused-ring (bicyclic) bond motifs is 1. The van der Waals surface area contributed by atoms with Gasteiger partial charge in [-0.15, -0.1) is 0 Å². The van der Waals surface area contributed by atoms with Crippen molar-refractivity contribution in [3.8, 4) is 0 Å². The van der Waals surface area contributed by atoms with E-state index in [2.05, 4.69) is 73.6 Å². The summed E-state index contributed by atoms with van der Waals surface area (Å²) in [5.74, 6) is 0.959. The molecule has 0 bridgehead atoms. The van der Waals surface area contributed by atoms with Crippen LogP contribution >= 0.6 is 0 Å². The van der Waals surface area contributed by atoms with Gasteiger partial charge in [0.05, 0.1) is 17.6 Å². The van der Waals surface area contributed by atoms with E-state index in [1.807, 2.05) is 0 Å². The normalized spacial score (nSPS) is 17.3. The molecule has 1 aromatic carbocycles. The number of aromatic nitrogens is 2. The van der Waals surface area contributed by atoms with Crippen molar-refractivity contribution < 1.29 is 9.90 Å². The molecule has 0 fully saturated rings. The van der Waals surface area contributed by atoms with Crippen molar-refractivity contribution in [1.82, 2.24) is 9.55 Å². The predicted octanol–water partition coefficient (Wildman–Crippen LogP) is 5.54. The molecule has 5 nitrogen and oxygen atoms in total. The Bertz CT molecular complexity index is 1030. The maximum Gasteiger partial charge on any atom is 0.143 e. The zero-order chi connectivity index (χ0) is 23.1. The number of carbonyl (C=O) groups is 1. The van der Waals surface area contributed by atoms with E-state index in [1.54, 1.807) is 6.08 Å². The summed E-state index contributed by atoms with van der Waals surface area (Å²) in [4.78, 5) is 18.1. The molecule has 0 spiro atoms. The lowest BCUT2D eigenvalue weighted by molar-refractivity contribution is -0.104. The van der Waals surface area contributed by atoms with Crippen molar-refractivity contribution in [2.45, 2.75) is 59.9 Å². The number of aryl methyl sites for hydroxylation is 1. The number of aliphatic hydroxyl groups is 1. The molecule has 0 atom stereocenters. The first-order valence-corrected chi connectivity index (χ1v) is 11.8. The number of carbonyl (C=O) groups excluding carboxylic acids is 1. The van der Waals surface area contributed by atoms with Crippen LogP contribution in [0, 0.1) is 5.41 Å². The molecular formula is C27H37N3O2. The lowest BCUT2D eigenvalue weighted by Crippen LogP contribution is -2.26. The maximum absolute atomic E-state index is 11.0. The molecule has 1 aromatic heterocycles. The Kier molecular flexibility index (Phi) is 8.08. The Morgan fingerprint density at radius 1 is 1.22 bits per heavy atom. The highest BCUT2D eigenvalue weighted by Crippen LogP contribution is 2.38. The SMILES string of the molecule is CCCCn1c(C=CC2=CC(=CC=O)CC(C)(C)C2)nc2ccc(N(CC)CCO)cc21. The van der Waals surface area contributed by atoms with Crippen LogP contribution in [-0.4, -0.2) is 40.6 Å². The number of anilines is 1. The number of aliphatic hydroxyl groups excluding tert-OH is 1. The monoisotopic (exact) mass is 435 g/mol. The van der Waals surface area contributed by atoms with E-state index in [4.69, 9.17) is 4.98 Å². The van der Waals surface area contributed by atoms with Gasteiger partial charge in [0.25, 0.3) is 0 Å². The van der Waals surface area contributed by atoms with Gasteiger partial charge in [-0.25, -0.2) is 4.98 Å². The molecule has 0 amide bonds. The quantitative estimate of drug-likeness (QED) is 0.393. The summed E-state index contributed by atoms with van der Waals surface area (Å²) in [6.07, 6.45) is 13.1. The van der Waals surface area contributed by atoms with Gasteiger partial charge in [-0.1, -0.05) is 39.3 Å². The number of unbranched alkanes of at least 4 members (excludes halogenated alkanes) is 1. The molecule has 0 radical (unpaired) electrons. The minimum atomic E-state index is 0.136. The molecule has 0 saturated carbocycles. The van der Waals surface area contributed by atoms with E-state index in [-0.39, 0.29) is 12.0 Å². The zero-order valence-electron chi connectivity index (χ0n) is 20.0. The molecule has 1 heterocycles. The zero-order valence-corrected chi connectivity index (χ0v) is 20.0. The molecule has 3 rings (SSSR count). The average Bonchev–Trinajstić information content (AvgIpc) is 3.10. The second-order valence-electron chi connectivity index (χ2n) is 9.40. The number of allylic oxidation sites excluding steroid dienone is 5. The standard InChI is InChI=1S/C27H37N3O2/c1-5-7-13-30-25-18-23(29(6-2)14-16-32)9-10-24(25)28-26(30)11-8-21-17-22(12-15-31)20-27(3,4)19-21/h8-12,15,17-18,32H,5-7,13-14,16,19-20H2,1-4H3. The first kappa shape index (κ1) is 24.0. The van der Waals surface area contributed by atoms with Crippen molar-refractivity contribution in [2.75, 3.05) is 24.6 Å². The lowest BCUT2D eigenvalue weighted by atomic mass is 9.75. The summed E-state index contributed by atoms with van der Waals surface area (Å²) in [5, 5.41) is 9.40. The number of likely N-dealkylation sites (N-methyl/N-ethyl adjacent to an activating group) is 1. The number of rotatable bonds is 10. The second-order valence-corrected chi connectivity index (χ2v) is 9.40. The number of nitrogens with zero attached hydrogens (tertiary/aromatic N) is 3. The van der Waals surface area contributed by atoms with Crippen LogP contribution in [0.5, 0.6) is 0 Å². The molecule has 172 valence electrons. The van der Waals surface area contributed by atoms with Crippen LogP contribution < -0.4 is 4.90 Å². The number of hydrogen-bond donors (Lipinski definition) is 1. The van der Waals surface area contributed by atoms with E-state index in [0.29, 0.717) is 6.54 Å². The van der Waals surface area contributed by atoms with Gasteiger partial charge in [-0.3, -0.25) is 4.79 Å². The largest absolute Gasteiger partial charge is 0.395 e. The Morgan fingerprint density at radius 3 is 2.72 bits per heavy atom. The molecule has 1 aliphatic carbocycles. The summed E-state index contributed by atoms with van der Waals surface area (Å²) in [6, 6.07) is 6.37. The molecule has 0 saturated heterocycles. The van der Waals surface area contributed by atoms with Crippen molar-refractivity contribution in [3.05, 3.63) is 53.4 Å². The van der Waals surface area contributed by atoms with Crippen molar-refractivity contribution in [2.24, 2.45) is 5.41 Å². The Morgan fingerprint density at radius 2 is 2.03 bits per heavy atom. The lowest BCUT2D eigenvalue weighted by Gasteiger charge is -2.30. The van der Waals surface area contributed by atoms with Gasteiger partial charge >= 0.3 is 0 Å². The van der Waals surface area contributed by atoms with Gasteiger partial charge in [0.2, 0.25) is 0 Å². The molecule has 32 heavy (non-hydrogen) atoms. The summed E-state index contributed by atoms with van der Waals surface area (Å²) < 4.78 is 2.31. The fourth-order valence-electron chi connectivity index (χ4n) is 4.59. The van der Waals surface area contributed by atoms with Gasteiger partial charge < -0.3 is 14.6 Å². The van der Waals surface area contributed by atoms with Crippen LogP contribution in [0.15, 0.2) is 47.6 Å². The van der Waals surface area contributed by atoms with Crippen LogP contribution in [0.2, 0.25) is 0 Å². The molecule has 5 heteroatoms. The van der Waals surface area contributed by atoms with Gasteiger partial charge in [0, 0.05) is 25.3 Å². The predicted molar refractivity (Wildman–Crippen MR) is 134 cm³/mol. The molecule has 0 unspecified atom stereocenters. The van der Waals surface area contributed by atoms with Crippen LogP contribution in [0.1, 0.15) is 59.2 Å². The van der Waals surface area contributed by atoms with Gasteiger partial charge in [-0.05, 0) is 73.1 Å². The van der Waals surface area contributed by atoms with Gasteiger partial charge in [0.15, 0.2) is 0 Å². The first-order valence-electron chi connectivity index (χ1n) is 11.8. The highest BCUT2D eigenvalue weighted by Gasteiger charge is 2.24. The Hall–Kier alpha value is -2.66. The van der Waals surface area contributed by atoms with E-state index in [0.717, 1.165) is 73.2 Å². The fourth-order valence-corrected chi connectivity index (χ4v) is 4.59. The van der Waals surface area contributed by atoms with E-state index in [1.165, 1.54) is 5.57 Å². The number of benzene rings is 1. The number of imidazole rings is 1. The molecule has 0 aliphatic heterocycles. The molecular weight excluding hydrogens is 398 g/mol. The van der Waals surface area contributed by atoms with Crippen LogP contribution in [-0.2, 0) is 11.3 Å². The highest BCUT2D eigenvalue weighted by atomic mass is 16.3. The summed E-state index contributed by atoms with van der Waals surface area (Å²) in [5.41, 5.74) is 5.68. The summed E-state index contributed by atoms with van der Waals surface area (Å²) in [6.45, 7) is 11.3. The second kappa shape index (κ2) is 10.8. The smallest absolute Gasteiger partial charge is 0.143 e. The van der Waals surface area contributed by atoms with Crippen molar-refractivity contribution in [1.29, 1.82) is 0 Å². The highest BCUT2D eigenvalue weighted by molar-refractivity contribution is 5.82. The first-order chi connectivity index (χ1) is 15.4. The molecule has 2 aromatic rings. The summed E-state index contributed by atoms with van der Waals surface area (Å²) in [7, 11) is 0. The maximum atomic E-state index is 11.0. The summed E-state index contributed by atoms with van der Waals surface area (Å²) >= 11 is 0. The van der Waals surface area contributed by atoms with E-state index < -0.39 is 0 Å². The van der Waals surface area contributed by atoms with Gasteiger partial charge in [-0.2, -0.15) is 0 Å². The molecule has 1 aliphatic rings. The fraction of sp³-hybridized carbons (Fsp3) is 0.481. The minimum absolute atomic E-state index is 0.136. The van der Waals surface area contributed by atoms with Crippen LogP contribution in [0.4, 0.5) is 5.69 Å². The van der Waals surface area contributed by atoms with E-state index >= 15 is 0 Å². The van der Waals surface area contributed by atoms with Crippen LogP contribution in [0.3, 0.4) is 0 Å².